The molecule has 0 bridgehead atoms. The molecular formula is C20H14N4S. The number of nitrogens with one attached hydrogen (secondary N) is 1. The minimum atomic E-state index is 0.539. The maximum absolute atomic E-state index is 9.38. The van der Waals surface area contributed by atoms with Crippen molar-refractivity contribution in [2.24, 2.45) is 0 Å². The lowest BCUT2D eigenvalue weighted by atomic mass is 10.1. The second-order valence-electron chi connectivity index (χ2n) is 5.54. The zero-order valence-electron chi connectivity index (χ0n) is 13.3. The van der Waals surface area contributed by atoms with Gasteiger partial charge < -0.3 is 5.32 Å². The van der Waals surface area contributed by atoms with Crippen LogP contribution in [0.25, 0.3) is 21.5 Å². The highest BCUT2D eigenvalue weighted by atomic mass is 32.1. The van der Waals surface area contributed by atoms with Gasteiger partial charge in [0.2, 0.25) is 0 Å². The monoisotopic (exact) mass is 342 g/mol. The molecule has 2 heterocycles. The van der Waals surface area contributed by atoms with Gasteiger partial charge in [0.1, 0.15) is 11.1 Å². The van der Waals surface area contributed by atoms with Crippen LogP contribution in [0, 0.1) is 11.3 Å². The van der Waals surface area contributed by atoms with Crippen LogP contribution in [0.2, 0.25) is 0 Å². The van der Waals surface area contributed by atoms with Gasteiger partial charge in [-0.3, -0.25) is 4.98 Å². The van der Waals surface area contributed by atoms with Crippen LogP contribution in [0.15, 0.2) is 66.2 Å². The molecule has 2 aromatic heterocycles. The molecule has 0 saturated heterocycles. The summed E-state index contributed by atoms with van der Waals surface area (Å²) in [6.07, 6.45) is 1.61. The van der Waals surface area contributed by atoms with Gasteiger partial charge in [0.05, 0.1) is 29.0 Å². The van der Waals surface area contributed by atoms with E-state index >= 15 is 0 Å². The second-order valence-corrected chi connectivity index (χ2v) is 6.40. The molecule has 0 spiro atoms. The molecule has 0 aliphatic heterocycles. The number of para-hydroxylation sites is 1. The highest BCUT2D eigenvalue weighted by Gasteiger charge is 2.10. The fraction of sp³-hybridized carbons (Fsp3) is 0.0500. The van der Waals surface area contributed by atoms with Crippen molar-refractivity contribution in [3.05, 3.63) is 77.4 Å². The van der Waals surface area contributed by atoms with Gasteiger partial charge in [-0.1, -0.05) is 48.5 Å². The third-order valence-corrected chi connectivity index (χ3v) is 4.85. The zero-order chi connectivity index (χ0) is 17.1. The number of anilines is 1. The van der Waals surface area contributed by atoms with Crippen LogP contribution >= 0.6 is 11.3 Å². The van der Waals surface area contributed by atoms with Crippen molar-refractivity contribution in [2.75, 3.05) is 5.32 Å². The van der Waals surface area contributed by atoms with Crippen molar-refractivity contribution in [3.8, 4) is 16.6 Å². The first-order valence-electron chi connectivity index (χ1n) is 7.86. The zero-order valence-corrected chi connectivity index (χ0v) is 14.1. The average molecular weight is 342 g/mol. The Hall–Kier alpha value is -3.23. The van der Waals surface area contributed by atoms with Gasteiger partial charge in [0.15, 0.2) is 0 Å². The fourth-order valence-corrected chi connectivity index (χ4v) is 3.52. The smallest absolute Gasteiger partial charge is 0.123 e. The largest absolute Gasteiger partial charge is 0.378 e. The minimum absolute atomic E-state index is 0.539. The molecular weight excluding hydrogens is 328 g/mol. The van der Waals surface area contributed by atoms with Crippen molar-refractivity contribution >= 4 is 27.9 Å². The number of fused-ring (bicyclic) bond motifs is 1. The molecule has 0 radical (unpaired) electrons. The predicted molar refractivity (Wildman–Crippen MR) is 101 cm³/mol. The molecule has 0 fully saturated rings. The number of pyridine rings is 1. The normalized spacial score (nSPS) is 10.5. The summed E-state index contributed by atoms with van der Waals surface area (Å²) in [5.41, 5.74) is 4.28. The van der Waals surface area contributed by atoms with E-state index in [1.165, 1.54) is 0 Å². The number of thiazole rings is 1. The summed E-state index contributed by atoms with van der Waals surface area (Å²) in [5, 5.41) is 16.7. The number of benzene rings is 2. The molecule has 0 unspecified atom stereocenters. The highest BCUT2D eigenvalue weighted by Crippen LogP contribution is 2.27. The lowest BCUT2D eigenvalue weighted by Crippen LogP contribution is -2.03. The fourth-order valence-electron chi connectivity index (χ4n) is 2.70. The maximum atomic E-state index is 9.38. The van der Waals surface area contributed by atoms with Gasteiger partial charge in [0.25, 0.3) is 0 Å². The Labute approximate surface area is 149 Å². The van der Waals surface area contributed by atoms with Crippen molar-refractivity contribution in [2.45, 2.75) is 6.54 Å². The van der Waals surface area contributed by atoms with E-state index in [0.717, 1.165) is 32.9 Å². The summed E-state index contributed by atoms with van der Waals surface area (Å²) < 4.78 is 0. The molecule has 2 aromatic carbocycles. The topological polar surface area (TPSA) is 61.6 Å². The molecule has 0 atom stereocenters. The Morgan fingerprint density at radius 3 is 2.68 bits per heavy atom. The summed E-state index contributed by atoms with van der Waals surface area (Å²) >= 11 is 1.62. The number of nitrogens with zero attached hydrogens (tertiary/aromatic N) is 3. The van der Waals surface area contributed by atoms with Gasteiger partial charge in [-0.15, -0.1) is 11.3 Å². The Balaban J connectivity index is 1.61. The summed E-state index contributed by atoms with van der Waals surface area (Å²) in [6.45, 7) is 0.562. The van der Waals surface area contributed by atoms with Crippen LogP contribution in [0.5, 0.6) is 0 Å². The van der Waals surface area contributed by atoms with E-state index in [0.29, 0.717) is 12.1 Å². The number of hydrogen-bond acceptors (Lipinski definition) is 5. The second kappa shape index (κ2) is 6.71. The van der Waals surface area contributed by atoms with Gasteiger partial charge in [-0.2, -0.15) is 5.26 Å². The van der Waals surface area contributed by atoms with E-state index in [1.54, 1.807) is 17.5 Å². The first-order chi connectivity index (χ1) is 12.3. The van der Waals surface area contributed by atoms with Crippen LogP contribution in [-0.4, -0.2) is 9.97 Å². The third-order valence-electron chi connectivity index (χ3n) is 3.91. The van der Waals surface area contributed by atoms with Crippen LogP contribution in [-0.2, 0) is 6.54 Å². The maximum Gasteiger partial charge on any atom is 0.123 e. The molecule has 1 N–H and O–H groups in total. The van der Waals surface area contributed by atoms with E-state index < -0.39 is 0 Å². The van der Waals surface area contributed by atoms with Gasteiger partial charge in [0, 0.05) is 22.5 Å². The Kier molecular flexibility index (Phi) is 4.11. The molecule has 0 saturated carbocycles. The van der Waals surface area contributed by atoms with E-state index in [9.17, 15) is 5.26 Å². The molecule has 0 amide bonds. The summed E-state index contributed by atoms with van der Waals surface area (Å²) in [6, 6.07) is 20.2. The SMILES string of the molecule is N#Cc1cnc2ccccc2c1NCc1csc(-c2ccccc2)n1. The van der Waals surface area contributed by atoms with Crippen molar-refractivity contribution in [1.82, 2.24) is 9.97 Å². The van der Waals surface area contributed by atoms with Gasteiger partial charge in [-0.05, 0) is 6.07 Å². The predicted octanol–water partition coefficient (Wildman–Crippen LogP) is 4.84. The summed E-state index contributed by atoms with van der Waals surface area (Å²) in [5.74, 6) is 0. The number of aromatic nitrogens is 2. The molecule has 120 valence electrons. The molecule has 4 nitrogen and oxygen atoms in total. The van der Waals surface area contributed by atoms with Crippen LogP contribution in [0.3, 0.4) is 0 Å². The van der Waals surface area contributed by atoms with E-state index in [4.69, 9.17) is 0 Å². The molecule has 5 heteroatoms. The van der Waals surface area contributed by atoms with E-state index in [1.807, 2.05) is 47.8 Å². The first-order valence-corrected chi connectivity index (χ1v) is 8.74. The molecule has 0 aliphatic rings. The van der Waals surface area contributed by atoms with Crippen molar-refractivity contribution in [1.29, 1.82) is 5.26 Å². The lowest BCUT2D eigenvalue weighted by Gasteiger charge is -2.10. The lowest BCUT2D eigenvalue weighted by molar-refractivity contribution is 1.08. The third kappa shape index (κ3) is 3.08. The standard InChI is InChI=1S/C20H14N4S/c21-10-15-11-22-18-9-5-4-8-17(18)19(15)23-12-16-13-25-20(24-16)14-6-2-1-3-7-14/h1-9,11,13H,12H2,(H,22,23). The minimum Gasteiger partial charge on any atom is -0.378 e. The van der Waals surface area contributed by atoms with Crippen LogP contribution in [0.4, 0.5) is 5.69 Å². The highest BCUT2D eigenvalue weighted by molar-refractivity contribution is 7.13. The average Bonchev–Trinajstić information content (AvgIpc) is 3.15. The molecule has 0 aliphatic carbocycles. The quantitative estimate of drug-likeness (QED) is 0.576. The Bertz CT molecular complexity index is 1060. The van der Waals surface area contributed by atoms with E-state index in [2.05, 4.69) is 33.5 Å². The summed E-state index contributed by atoms with van der Waals surface area (Å²) in [4.78, 5) is 9.02. The Morgan fingerprint density at radius 2 is 1.84 bits per heavy atom. The van der Waals surface area contributed by atoms with Crippen molar-refractivity contribution < 1.29 is 0 Å². The van der Waals surface area contributed by atoms with E-state index in [-0.39, 0.29) is 0 Å². The van der Waals surface area contributed by atoms with Crippen molar-refractivity contribution in [3.63, 3.8) is 0 Å². The number of nitriles is 1. The van der Waals surface area contributed by atoms with Gasteiger partial charge in [-0.25, -0.2) is 4.98 Å². The Morgan fingerprint density at radius 1 is 1.04 bits per heavy atom. The van der Waals surface area contributed by atoms with Crippen LogP contribution in [0.1, 0.15) is 11.3 Å². The van der Waals surface area contributed by atoms with Gasteiger partial charge >= 0.3 is 0 Å². The number of rotatable bonds is 4. The molecule has 4 rings (SSSR count). The molecule has 4 aromatic rings. The summed E-state index contributed by atoms with van der Waals surface area (Å²) in [7, 11) is 0. The van der Waals surface area contributed by atoms with Crippen LogP contribution < -0.4 is 5.32 Å². The molecule has 25 heavy (non-hydrogen) atoms. The number of hydrogen-bond donors (Lipinski definition) is 1. The first kappa shape index (κ1) is 15.3.